The third-order valence-electron chi connectivity index (χ3n) is 3.21. The van der Waals surface area contributed by atoms with Crippen molar-refractivity contribution in [3.63, 3.8) is 0 Å². The highest BCUT2D eigenvalue weighted by Gasteiger charge is 2.21. The van der Waals surface area contributed by atoms with E-state index >= 15 is 0 Å². The van der Waals surface area contributed by atoms with Crippen molar-refractivity contribution >= 4 is 38.4 Å². The lowest BCUT2D eigenvalue weighted by Gasteiger charge is -2.22. The van der Waals surface area contributed by atoms with E-state index < -0.39 is 0 Å². The minimum Gasteiger partial charge on any atom is -0.373 e. The smallest absolute Gasteiger partial charge is 0.242 e. The zero-order chi connectivity index (χ0) is 14.7. The van der Waals surface area contributed by atoms with Crippen molar-refractivity contribution in [2.24, 2.45) is 5.92 Å². The Balaban J connectivity index is 2.42. The van der Waals surface area contributed by atoms with Gasteiger partial charge in [0, 0.05) is 28.8 Å². The summed E-state index contributed by atoms with van der Waals surface area (Å²) in [7, 11) is 1.65. The number of pyridine rings is 1. The summed E-state index contributed by atoms with van der Waals surface area (Å²) in [6.07, 6.45) is 1.75. The molecule has 1 unspecified atom stereocenters. The monoisotopic (exact) mass is 335 g/mol. The second-order valence-corrected chi connectivity index (χ2v) is 5.92. The van der Waals surface area contributed by atoms with Crippen LogP contribution in [0.25, 0.3) is 10.9 Å². The number of carbonyl (C=O) groups excluding carboxylic acids is 1. The van der Waals surface area contributed by atoms with Crippen LogP contribution in [0, 0.1) is 5.92 Å². The second kappa shape index (κ2) is 6.22. The van der Waals surface area contributed by atoms with Crippen LogP contribution < -0.4 is 10.6 Å². The van der Waals surface area contributed by atoms with Crippen molar-refractivity contribution in [3.05, 3.63) is 34.9 Å². The maximum atomic E-state index is 12.0. The average Bonchev–Trinajstić information content (AvgIpc) is 2.43. The third-order valence-corrected chi connectivity index (χ3v) is 3.70. The number of amides is 1. The summed E-state index contributed by atoms with van der Waals surface area (Å²) in [4.78, 5) is 16.3. The van der Waals surface area contributed by atoms with Gasteiger partial charge in [-0.2, -0.15) is 0 Å². The molecule has 1 aromatic heterocycles. The van der Waals surface area contributed by atoms with Gasteiger partial charge in [0.15, 0.2) is 0 Å². The number of rotatable bonds is 4. The second-order valence-electron chi connectivity index (χ2n) is 5.00. The summed E-state index contributed by atoms with van der Waals surface area (Å²) in [5.41, 5.74) is 1.82. The van der Waals surface area contributed by atoms with Gasteiger partial charge in [0.2, 0.25) is 5.91 Å². The summed E-state index contributed by atoms with van der Waals surface area (Å²) in [5, 5.41) is 7.02. The topological polar surface area (TPSA) is 54.0 Å². The molecule has 20 heavy (non-hydrogen) atoms. The molecule has 5 heteroatoms. The Hall–Kier alpha value is -1.62. The van der Waals surface area contributed by atoms with Crippen LogP contribution in [-0.2, 0) is 4.79 Å². The SMILES string of the molecule is CNC(=O)C(Nc1ccnc2ccc(Br)cc12)C(C)C. The van der Waals surface area contributed by atoms with E-state index in [-0.39, 0.29) is 17.9 Å². The molecule has 1 heterocycles. The molecule has 0 fully saturated rings. The number of benzene rings is 1. The molecule has 1 aromatic carbocycles. The average molecular weight is 336 g/mol. The fourth-order valence-corrected chi connectivity index (χ4v) is 2.46. The van der Waals surface area contributed by atoms with Crippen LogP contribution in [0.4, 0.5) is 5.69 Å². The van der Waals surface area contributed by atoms with E-state index in [0.717, 1.165) is 21.1 Å². The van der Waals surface area contributed by atoms with Crippen LogP contribution in [0.5, 0.6) is 0 Å². The number of nitrogens with one attached hydrogen (secondary N) is 2. The van der Waals surface area contributed by atoms with E-state index in [2.05, 4.69) is 31.5 Å². The van der Waals surface area contributed by atoms with Crippen LogP contribution >= 0.6 is 15.9 Å². The number of halogens is 1. The molecule has 2 aromatic rings. The normalized spacial score (nSPS) is 12.4. The molecule has 0 aliphatic rings. The molecular weight excluding hydrogens is 318 g/mol. The van der Waals surface area contributed by atoms with Crippen LogP contribution in [0.2, 0.25) is 0 Å². The highest BCUT2D eigenvalue weighted by molar-refractivity contribution is 9.10. The lowest BCUT2D eigenvalue weighted by atomic mass is 10.0. The quantitative estimate of drug-likeness (QED) is 0.902. The van der Waals surface area contributed by atoms with E-state index in [0.29, 0.717) is 0 Å². The van der Waals surface area contributed by atoms with Crippen LogP contribution in [0.1, 0.15) is 13.8 Å². The van der Waals surface area contributed by atoms with Gasteiger partial charge < -0.3 is 10.6 Å². The molecule has 0 saturated carbocycles. The minimum absolute atomic E-state index is 0.0139. The fraction of sp³-hybridized carbons (Fsp3) is 0.333. The fourth-order valence-electron chi connectivity index (χ4n) is 2.10. The first kappa shape index (κ1) is 14.8. The summed E-state index contributed by atoms with van der Waals surface area (Å²) in [6.45, 7) is 4.04. The highest BCUT2D eigenvalue weighted by atomic mass is 79.9. The van der Waals surface area contributed by atoms with E-state index in [1.807, 2.05) is 38.1 Å². The third kappa shape index (κ3) is 3.10. The largest absolute Gasteiger partial charge is 0.373 e. The number of hydrogen-bond acceptors (Lipinski definition) is 3. The molecule has 106 valence electrons. The molecule has 4 nitrogen and oxygen atoms in total. The Kier molecular flexibility index (Phi) is 4.60. The highest BCUT2D eigenvalue weighted by Crippen LogP contribution is 2.26. The molecule has 0 bridgehead atoms. The van der Waals surface area contributed by atoms with E-state index in [9.17, 15) is 4.79 Å². The van der Waals surface area contributed by atoms with Gasteiger partial charge in [-0.3, -0.25) is 9.78 Å². The Morgan fingerprint density at radius 2 is 2.05 bits per heavy atom. The number of nitrogens with zero attached hydrogens (tertiary/aromatic N) is 1. The van der Waals surface area contributed by atoms with Gasteiger partial charge in [0.25, 0.3) is 0 Å². The van der Waals surface area contributed by atoms with Gasteiger partial charge in [0.05, 0.1) is 5.52 Å². The lowest BCUT2D eigenvalue weighted by Crippen LogP contribution is -2.41. The molecule has 2 rings (SSSR count). The van der Waals surface area contributed by atoms with Crippen molar-refractivity contribution in [2.75, 3.05) is 12.4 Å². The molecular formula is C15H18BrN3O. The van der Waals surface area contributed by atoms with Crippen LogP contribution in [0.15, 0.2) is 34.9 Å². The Labute approximate surface area is 127 Å². The lowest BCUT2D eigenvalue weighted by molar-refractivity contribution is -0.122. The minimum atomic E-state index is -0.274. The van der Waals surface area contributed by atoms with Gasteiger partial charge >= 0.3 is 0 Å². The van der Waals surface area contributed by atoms with Gasteiger partial charge in [-0.1, -0.05) is 29.8 Å². The van der Waals surface area contributed by atoms with Crippen molar-refractivity contribution in [3.8, 4) is 0 Å². The van der Waals surface area contributed by atoms with E-state index in [1.54, 1.807) is 13.2 Å². The van der Waals surface area contributed by atoms with Gasteiger partial charge in [-0.25, -0.2) is 0 Å². The molecule has 0 aliphatic heterocycles. The number of fused-ring (bicyclic) bond motifs is 1. The zero-order valence-corrected chi connectivity index (χ0v) is 13.4. The maximum absolute atomic E-state index is 12.0. The van der Waals surface area contributed by atoms with Gasteiger partial charge in [-0.15, -0.1) is 0 Å². The Morgan fingerprint density at radius 1 is 1.30 bits per heavy atom. The Morgan fingerprint density at radius 3 is 2.70 bits per heavy atom. The molecule has 1 atom stereocenters. The number of hydrogen-bond donors (Lipinski definition) is 2. The van der Waals surface area contributed by atoms with Crippen LogP contribution in [-0.4, -0.2) is 24.0 Å². The van der Waals surface area contributed by atoms with Gasteiger partial charge in [-0.05, 0) is 30.2 Å². The summed E-state index contributed by atoms with van der Waals surface area (Å²) in [6, 6.07) is 7.54. The first-order chi connectivity index (χ1) is 9.52. The molecule has 0 saturated heterocycles. The van der Waals surface area contributed by atoms with E-state index in [4.69, 9.17) is 0 Å². The number of anilines is 1. The van der Waals surface area contributed by atoms with E-state index in [1.165, 1.54) is 0 Å². The molecule has 1 amide bonds. The van der Waals surface area contributed by atoms with Gasteiger partial charge in [0.1, 0.15) is 6.04 Å². The first-order valence-electron chi connectivity index (χ1n) is 6.55. The maximum Gasteiger partial charge on any atom is 0.242 e. The van der Waals surface area contributed by atoms with Crippen molar-refractivity contribution in [2.45, 2.75) is 19.9 Å². The number of likely N-dealkylation sites (N-methyl/N-ethyl adjacent to an activating group) is 1. The first-order valence-corrected chi connectivity index (χ1v) is 7.34. The summed E-state index contributed by atoms with van der Waals surface area (Å²) < 4.78 is 0.988. The Bertz CT molecular complexity index is 628. The summed E-state index contributed by atoms with van der Waals surface area (Å²) >= 11 is 3.47. The number of aromatic nitrogens is 1. The molecule has 0 aliphatic carbocycles. The number of carbonyl (C=O) groups is 1. The zero-order valence-electron chi connectivity index (χ0n) is 11.8. The predicted molar refractivity (Wildman–Crippen MR) is 85.8 cm³/mol. The van der Waals surface area contributed by atoms with Crippen molar-refractivity contribution in [1.29, 1.82) is 0 Å². The standard InChI is InChI=1S/C15H18BrN3O/c1-9(2)14(15(20)17-3)19-13-6-7-18-12-5-4-10(16)8-11(12)13/h4-9,14H,1-3H3,(H,17,20)(H,18,19). The van der Waals surface area contributed by atoms with Crippen LogP contribution in [0.3, 0.4) is 0 Å². The summed E-state index contributed by atoms with van der Waals surface area (Å²) in [5.74, 6) is 0.172. The van der Waals surface area contributed by atoms with Crippen molar-refractivity contribution in [1.82, 2.24) is 10.3 Å². The molecule has 0 spiro atoms. The molecule has 0 radical (unpaired) electrons. The molecule has 2 N–H and O–H groups in total. The predicted octanol–water partition coefficient (Wildman–Crippen LogP) is 3.18. The van der Waals surface area contributed by atoms with Crippen molar-refractivity contribution < 1.29 is 4.79 Å².